The van der Waals surface area contributed by atoms with Crippen molar-refractivity contribution >= 4 is 5.91 Å². The highest BCUT2D eigenvalue weighted by atomic mass is 16.5. The third-order valence-electron chi connectivity index (χ3n) is 3.82. The zero-order valence-corrected chi connectivity index (χ0v) is 12.7. The number of hydrogen-bond donors (Lipinski definition) is 2. The molecule has 1 amide bonds. The lowest BCUT2D eigenvalue weighted by atomic mass is 10.0. The van der Waals surface area contributed by atoms with Crippen LogP contribution in [0.15, 0.2) is 16.5 Å². The molecule has 1 aliphatic rings. The first kappa shape index (κ1) is 16.0. The molecule has 0 aliphatic carbocycles. The van der Waals surface area contributed by atoms with E-state index in [1.54, 1.807) is 6.07 Å². The van der Waals surface area contributed by atoms with Crippen molar-refractivity contribution in [1.82, 2.24) is 10.2 Å². The number of rotatable bonds is 7. The second-order valence-electron chi connectivity index (χ2n) is 5.44. The number of nitrogens with zero attached hydrogens (tertiary/aromatic N) is 1. The first-order valence-electron chi connectivity index (χ1n) is 7.45. The number of aliphatic hydroxyl groups is 1. The minimum Gasteiger partial charge on any atom is -0.455 e. The molecule has 1 aromatic heterocycles. The van der Waals surface area contributed by atoms with E-state index in [1.165, 1.54) is 0 Å². The Morgan fingerprint density at radius 1 is 1.43 bits per heavy atom. The Kier molecular flexibility index (Phi) is 5.39. The van der Waals surface area contributed by atoms with E-state index in [2.05, 4.69) is 24.1 Å². The molecule has 1 aromatic rings. The van der Waals surface area contributed by atoms with E-state index in [0.29, 0.717) is 19.6 Å². The largest absolute Gasteiger partial charge is 0.455 e. The van der Waals surface area contributed by atoms with Gasteiger partial charge in [0.05, 0.1) is 13.2 Å². The first-order chi connectivity index (χ1) is 10.1. The number of amides is 1. The van der Waals surface area contributed by atoms with Crippen LogP contribution in [0.2, 0.25) is 0 Å². The topological polar surface area (TPSA) is 74.9 Å². The maximum atomic E-state index is 12.0. The molecule has 2 heterocycles. The number of carbonyl (C=O) groups excluding carboxylic acids is 1. The third kappa shape index (κ3) is 4.30. The van der Waals surface area contributed by atoms with Crippen LogP contribution in [0.1, 0.15) is 36.6 Å². The van der Waals surface area contributed by atoms with Crippen molar-refractivity contribution in [2.45, 2.75) is 32.4 Å². The summed E-state index contributed by atoms with van der Waals surface area (Å²) in [6.07, 6.45) is 0.540. The number of furan rings is 1. The molecule has 0 spiro atoms. The summed E-state index contributed by atoms with van der Waals surface area (Å²) in [6.45, 7) is 7.71. The van der Waals surface area contributed by atoms with Gasteiger partial charge in [0, 0.05) is 19.6 Å². The summed E-state index contributed by atoms with van der Waals surface area (Å²) in [5.41, 5.74) is -0.952. The normalized spacial score (nSPS) is 21.9. The van der Waals surface area contributed by atoms with Gasteiger partial charge in [-0.05, 0) is 25.2 Å². The molecule has 1 fully saturated rings. The minimum atomic E-state index is -0.952. The van der Waals surface area contributed by atoms with E-state index in [9.17, 15) is 9.90 Å². The molecule has 2 rings (SSSR count). The van der Waals surface area contributed by atoms with Gasteiger partial charge < -0.3 is 19.6 Å². The van der Waals surface area contributed by atoms with Crippen LogP contribution < -0.4 is 5.32 Å². The van der Waals surface area contributed by atoms with Gasteiger partial charge in [-0.2, -0.15) is 0 Å². The van der Waals surface area contributed by atoms with E-state index in [0.717, 1.165) is 18.8 Å². The minimum absolute atomic E-state index is 0.178. The van der Waals surface area contributed by atoms with Crippen molar-refractivity contribution in [3.63, 3.8) is 0 Å². The van der Waals surface area contributed by atoms with Gasteiger partial charge in [-0.15, -0.1) is 0 Å². The Morgan fingerprint density at radius 3 is 2.81 bits per heavy atom. The first-order valence-corrected chi connectivity index (χ1v) is 7.45. The maximum absolute atomic E-state index is 12.0. The molecule has 2 N–H and O–H groups in total. The number of ether oxygens (including phenoxy) is 1. The van der Waals surface area contributed by atoms with Crippen LogP contribution in [-0.2, 0) is 11.3 Å². The Bertz CT molecular complexity index is 462. The number of nitrogens with one attached hydrogen (secondary N) is 1. The van der Waals surface area contributed by atoms with Gasteiger partial charge in [-0.1, -0.05) is 13.8 Å². The predicted octanol–water partition coefficient (Wildman–Crippen LogP) is 1.00. The molecule has 0 aromatic carbocycles. The molecule has 21 heavy (non-hydrogen) atoms. The molecule has 1 saturated heterocycles. The van der Waals surface area contributed by atoms with Gasteiger partial charge >= 0.3 is 0 Å². The van der Waals surface area contributed by atoms with E-state index in [4.69, 9.17) is 9.15 Å². The van der Waals surface area contributed by atoms with E-state index < -0.39 is 5.60 Å². The molecular weight excluding hydrogens is 272 g/mol. The fourth-order valence-corrected chi connectivity index (χ4v) is 2.32. The van der Waals surface area contributed by atoms with Crippen molar-refractivity contribution in [1.29, 1.82) is 0 Å². The Labute approximate surface area is 125 Å². The lowest BCUT2D eigenvalue weighted by molar-refractivity contribution is 0.0261. The van der Waals surface area contributed by atoms with Gasteiger partial charge in [0.15, 0.2) is 5.76 Å². The molecule has 118 valence electrons. The smallest absolute Gasteiger partial charge is 0.287 e. The van der Waals surface area contributed by atoms with Crippen molar-refractivity contribution in [3.8, 4) is 0 Å². The highest BCUT2D eigenvalue weighted by Gasteiger charge is 2.32. The Morgan fingerprint density at radius 2 is 2.19 bits per heavy atom. The summed E-state index contributed by atoms with van der Waals surface area (Å²) in [6, 6.07) is 3.49. The average Bonchev–Trinajstić information content (AvgIpc) is 3.12. The van der Waals surface area contributed by atoms with E-state index in [-0.39, 0.29) is 24.8 Å². The highest BCUT2D eigenvalue weighted by Crippen LogP contribution is 2.17. The van der Waals surface area contributed by atoms with Gasteiger partial charge in [-0.3, -0.25) is 9.69 Å². The molecule has 0 saturated carbocycles. The summed E-state index contributed by atoms with van der Waals surface area (Å²) in [4.78, 5) is 14.2. The quantitative estimate of drug-likeness (QED) is 0.785. The summed E-state index contributed by atoms with van der Waals surface area (Å²) < 4.78 is 10.7. The summed E-state index contributed by atoms with van der Waals surface area (Å²) in [7, 11) is 0. The van der Waals surface area contributed by atoms with E-state index >= 15 is 0 Å². The van der Waals surface area contributed by atoms with Gasteiger partial charge in [0.1, 0.15) is 11.4 Å². The van der Waals surface area contributed by atoms with Crippen LogP contribution in [-0.4, -0.2) is 54.4 Å². The van der Waals surface area contributed by atoms with Crippen LogP contribution in [0.25, 0.3) is 0 Å². The van der Waals surface area contributed by atoms with Crippen molar-refractivity contribution in [3.05, 3.63) is 23.7 Å². The van der Waals surface area contributed by atoms with Crippen molar-refractivity contribution in [2.75, 3.05) is 32.8 Å². The second-order valence-corrected chi connectivity index (χ2v) is 5.44. The zero-order valence-electron chi connectivity index (χ0n) is 12.7. The Balaban J connectivity index is 1.86. The van der Waals surface area contributed by atoms with Crippen molar-refractivity contribution in [2.24, 2.45) is 0 Å². The molecule has 1 atom stereocenters. The maximum Gasteiger partial charge on any atom is 0.287 e. The molecule has 6 nitrogen and oxygen atoms in total. The van der Waals surface area contributed by atoms with E-state index in [1.807, 2.05) is 6.07 Å². The molecule has 1 aliphatic heterocycles. The summed E-state index contributed by atoms with van der Waals surface area (Å²) >= 11 is 0. The lowest BCUT2D eigenvalue weighted by Crippen LogP contribution is -2.43. The second kappa shape index (κ2) is 7.06. The monoisotopic (exact) mass is 296 g/mol. The average molecular weight is 296 g/mol. The zero-order chi connectivity index (χ0) is 15.3. The van der Waals surface area contributed by atoms with Crippen LogP contribution in [0.3, 0.4) is 0 Å². The predicted molar refractivity (Wildman–Crippen MR) is 78.1 cm³/mol. The fourth-order valence-electron chi connectivity index (χ4n) is 2.32. The number of hydrogen-bond acceptors (Lipinski definition) is 5. The van der Waals surface area contributed by atoms with Crippen LogP contribution in [0, 0.1) is 0 Å². The fraction of sp³-hybridized carbons (Fsp3) is 0.667. The van der Waals surface area contributed by atoms with Crippen LogP contribution in [0.5, 0.6) is 0 Å². The SMILES string of the molecule is CCN(CC)Cc1ccc(C(=O)NCC2(O)CCOC2)o1. The summed E-state index contributed by atoms with van der Waals surface area (Å²) in [5.74, 6) is 0.743. The van der Waals surface area contributed by atoms with Crippen LogP contribution in [0.4, 0.5) is 0 Å². The van der Waals surface area contributed by atoms with Crippen molar-refractivity contribution < 1.29 is 19.1 Å². The van der Waals surface area contributed by atoms with Crippen LogP contribution >= 0.6 is 0 Å². The molecule has 0 radical (unpaired) electrons. The Hall–Kier alpha value is -1.37. The lowest BCUT2D eigenvalue weighted by Gasteiger charge is -2.20. The molecule has 1 unspecified atom stereocenters. The molecular formula is C15H24N2O4. The summed E-state index contributed by atoms with van der Waals surface area (Å²) in [5, 5.41) is 12.8. The molecule has 0 bridgehead atoms. The van der Waals surface area contributed by atoms with Gasteiger partial charge in [0.25, 0.3) is 5.91 Å². The van der Waals surface area contributed by atoms with Gasteiger partial charge in [-0.25, -0.2) is 0 Å². The standard InChI is InChI=1S/C15H24N2O4/c1-3-17(4-2)9-12-5-6-13(21-12)14(18)16-10-15(19)7-8-20-11-15/h5-6,19H,3-4,7-11H2,1-2H3,(H,16,18). The molecule has 6 heteroatoms. The third-order valence-corrected chi connectivity index (χ3v) is 3.82. The number of carbonyl (C=O) groups is 1. The highest BCUT2D eigenvalue weighted by molar-refractivity contribution is 5.91. The van der Waals surface area contributed by atoms with Gasteiger partial charge in [0.2, 0.25) is 0 Å².